The normalized spacial score (nSPS) is 22.1. The van der Waals surface area contributed by atoms with Crippen molar-refractivity contribution in [3.63, 3.8) is 0 Å². The maximum Gasteiger partial charge on any atom is 0.227 e. The Labute approximate surface area is 165 Å². The first-order valence-corrected chi connectivity index (χ1v) is 10.4. The fraction of sp³-hybridized carbons (Fsp3) is 0.500. The number of hydrogen-bond donors (Lipinski definition) is 1. The van der Waals surface area contributed by atoms with E-state index in [4.69, 9.17) is 9.97 Å². The number of amides is 1. The molecule has 1 aliphatic carbocycles. The van der Waals surface area contributed by atoms with Crippen LogP contribution in [0.5, 0.6) is 0 Å². The number of piperidine rings is 1. The number of likely N-dealkylation sites (tertiary alicyclic amines) is 1. The number of carbonyl (C=O) groups is 1. The lowest BCUT2D eigenvalue weighted by molar-refractivity contribution is -0.146. The molecule has 1 aromatic heterocycles. The van der Waals surface area contributed by atoms with Crippen LogP contribution in [0.4, 0.5) is 5.82 Å². The summed E-state index contributed by atoms with van der Waals surface area (Å²) in [7, 11) is 0. The molecule has 1 amide bonds. The third-order valence-corrected chi connectivity index (χ3v) is 6.19. The molecule has 0 spiro atoms. The molecule has 0 bridgehead atoms. The fourth-order valence-corrected chi connectivity index (χ4v) is 4.66. The second kappa shape index (κ2) is 7.17. The van der Waals surface area contributed by atoms with Crippen molar-refractivity contribution in [3.8, 4) is 11.4 Å². The van der Waals surface area contributed by atoms with Gasteiger partial charge in [-0.15, -0.1) is 0 Å². The largest absolute Gasteiger partial charge is 0.389 e. The molecular formula is C22H26N4O2. The van der Waals surface area contributed by atoms with Crippen LogP contribution in [0.3, 0.4) is 0 Å². The quantitative estimate of drug-likeness (QED) is 0.885. The predicted molar refractivity (Wildman–Crippen MR) is 107 cm³/mol. The zero-order valence-corrected chi connectivity index (χ0v) is 16.0. The van der Waals surface area contributed by atoms with E-state index in [1.165, 1.54) is 11.3 Å². The molecule has 6 heteroatoms. The van der Waals surface area contributed by atoms with Gasteiger partial charge >= 0.3 is 0 Å². The zero-order valence-electron chi connectivity index (χ0n) is 16.0. The molecule has 0 radical (unpaired) electrons. The molecule has 2 aromatic rings. The summed E-state index contributed by atoms with van der Waals surface area (Å²) < 4.78 is 0. The summed E-state index contributed by atoms with van der Waals surface area (Å²) >= 11 is 0. The maximum atomic E-state index is 12.8. The van der Waals surface area contributed by atoms with Gasteiger partial charge in [-0.05, 0) is 32.1 Å². The number of β-amino-alcohol motifs (C(OH)–C–C–N with tert-alkyl or cyclic N) is 1. The number of benzene rings is 1. The van der Waals surface area contributed by atoms with Gasteiger partial charge in [0, 0.05) is 43.0 Å². The minimum Gasteiger partial charge on any atom is -0.389 e. The number of fused-ring (bicyclic) bond motifs is 1. The molecule has 0 saturated carbocycles. The maximum absolute atomic E-state index is 12.8. The zero-order chi connectivity index (χ0) is 19.1. The van der Waals surface area contributed by atoms with Crippen molar-refractivity contribution in [2.24, 2.45) is 5.92 Å². The second-order valence-corrected chi connectivity index (χ2v) is 8.20. The van der Waals surface area contributed by atoms with E-state index in [2.05, 4.69) is 17.0 Å². The monoisotopic (exact) mass is 378 g/mol. The highest BCUT2D eigenvalue weighted by molar-refractivity contribution is 5.80. The van der Waals surface area contributed by atoms with E-state index in [-0.39, 0.29) is 17.9 Å². The van der Waals surface area contributed by atoms with Crippen LogP contribution in [0.2, 0.25) is 0 Å². The van der Waals surface area contributed by atoms with Crippen LogP contribution in [0.1, 0.15) is 30.5 Å². The molecule has 146 valence electrons. The standard InChI is InChI=1S/C22H26N4O2/c27-17-13-26(14-17)22(28)16-8-5-11-25(12-16)21-18-9-4-10-19(18)23-20(24-21)15-6-2-1-3-7-15/h1-3,6-7,16-17,27H,4-5,8-14H2/t16-/m0/s1. The van der Waals surface area contributed by atoms with Crippen LogP contribution in [-0.4, -0.2) is 58.2 Å². The number of nitrogens with zero attached hydrogens (tertiary/aromatic N) is 4. The summed E-state index contributed by atoms with van der Waals surface area (Å²) in [6.07, 6.45) is 4.71. The van der Waals surface area contributed by atoms with Gasteiger partial charge in [-0.3, -0.25) is 4.79 Å². The Hall–Kier alpha value is -2.47. The van der Waals surface area contributed by atoms with Crippen molar-refractivity contribution in [1.82, 2.24) is 14.9 Å². The summed E-state index contributed by atoms with van der Waals surface area (Å²) in [6, 6.07) is 10.1. The summed E-state index contributed by atoms with van der Waals surface area (Å²) in [5.41, 5.74) is 3.48. The topological polar surface area (TPSA) is 69.6 Å². The lowest BCUT2D eigenvalue weighted by Crippen LogP contribution is -2.57. The molecule has 1 atom stereocenters. The molecule has 2 saturated heterocycles. The molecule has 3 aliphatic rings. The first-order valence-electron chi connectivity index (χ1n) is 10.4. The van der Waals surface area contributed by atoms with E-state index in [0.29, 0.717) is 19.6 Å². The molecule has 1 aromatic carbocycles. The smallest absolute Gasteiger partial charge is 0.227 e. The van der Waals surface area contributed by atoms with Crippen LogP contribution in [0, 0.1) is 5.92 Å². The van der Waals surface area contributed by atoms with Gasteiger partial charge in [0.1, 0.15) is 5.82 Å². The van der Waals surface area contributed by atoms with E-state index in [9.17, 15) is 9.90 Å². The minimum atomic E-state index is -0.345. The van der Waals surface area contributed by atoms with E-state index >= 15 is 0 Å². The summed E-state index contributed by atoms with van der Waals surface area (Å²) in [4.78, 5) is 26.7. The number of rotatable bonds is 3. The number of aryl methyl sites for hydroxylation is 1. The number of aliphatic hydroxyl groups excluding tert-OH is 1. The average Bonchev–Trinajstić information content (AvgIpc) is 3.20. The van der Waals surface area contributed by atoms with Gasteiger partial charge in [0.25, 0.3) is 0 Å². The molecule has 5 rings (SSSR count). The average molecular weight is 378 g/mol. The van der Waals surface area contributed by atoms with Gasteiger partial charge in [0.15, 0.2) is 5.82 Å². The van der Waals surface area contributed by atoms with E-state index < -0.39 is 0 Å². The van der Waals surface area contributed by atoms with Crippen molar-refractivity contribution in [2.75, 3.05) is 31.1 Å². The Balaban J connectivity index is 1.43. The number of anilines is 1. The summed E-state index contributed by atoms with van der Waals surface area (Å²) in [5, 5.41) is 9.52. The summed E-state index contributed by atoms with van der Waals surface area (Å²) in [5.74, 6) is 2.00. The van der Waals surface area contributed by atoms with E-state index in [0.717, 1.165) is 55.9 Å². The number of aromatic nitrogens is 2. The predicted octanol–water partition coefficient (Wildman–Crippen LogP) is 2.05. The molecule has 3 heterocycles. The molecule has 6 nitrogen and oxygen atoms in total. The van der Waals surface area contributed by atoms with Crippen molar-refractivity contribution in [1.29, 1.82) is 0 Å². The number of aliphatic hydroxyl groups is 1. The van der Waals surface area contributed by atoms with Crippen LogP contribution in [-0.2, 0) is 17.6 Å². The molecular weight excluding hydrogens is 352 g/mol. The Kier molecular flexibility index (Phi) is 4.51. The molecule has 2 fully saturated rings. The van der Waals surface area contributed by atoms with Gasteiger partial charge in [0.05, 0.1) is 12.0 Å². The first kappa shape index (κ1) is 17.6. The van der Waals surface area contributed by atoms with Crippen LogP contribution in [0.25, 0.3) is 11.4 Å². The van der Waals surface area contributed by atoms with Gasteiger partial charge in [-0.25, -0.2) is 9.97 Å². The second-order valence-electron chi connectivity index (χ2n) is 8.20. The van der Waals surface area contributed by atoms with E-state index in [1.54, 1.807) is 4.90 Å². The number of carbonyl (C=O) groups excluding carboxylic acids is 1. The third kappa shape index (κ3) is 3.15. The lowest BCUT2D eigenvalue weighted by atomic mass is 9.94. The van der Waals surface area contributed by atoms with Crippen molar-refractivity contribution in [3.05, 3.63) is 41.6 Å². The van der Waals surface area contributed by atoms with Crippen molar-refractivity contribution < 1.29 is 9.90 Å². The van der Waals surface area contributed by atoms with Gasteiger partial charge < -0.3 is 14.9 Å². The van der Waals surface area contributed by atoms with Gasteiger partial charge in [0.2, 0.25) is 5.91 Å². The Morgan fingerprint density at radius 1 is 1.04 bits per heavy atom. The minimum absolute atomic E-state index is 0.00607. The van der Waals surface area contributed by atoms with Crippen LogP contribution < -0.4 is 4.90 Å². The fourth-order valence-electron chi connectivity index (χ4n) is 4.66. The van der Waals surface area contributed by atoms with E-state index in [1.807, 2.05) is 18.2 Å². The van der Waals surface area contributed by atoms with Crippen molar-refractivity contribution >= 4 is 11.7 Å². The highest BCUT2D eigenvalue weighted by Gasteiger charge is 2.36. The number of hydrogen-bond acceptors (Lipinski definition) is 5. The van der Waals surface area contributed by atoms with Crippen molar-refractivity contribution in [2.45, 2.75) is 38.2 Å². The SMILES string of the molecule is O=C([C@H]1CCCN(c2nc(-c3ccccc3)nc3c2CCC3)C1)N1CC(O)C1. The third-order valence-electron chi connectivity index (χ3n) is 6.19. The first-order chi connectivity index (χ1) is 13.7. The van der Waals surface area contributed by atoms with Crippen LogP contribution >= 0.6 is 0 Å². The Bertz CT molecular complexity index is 880. The molecule has 1 N–H and O–H groups in total. The molecule has 2 aliphatic heterocycles. The Morgan fingerprint density at radius 2 is 1.86 bits per heavy atom. The molecule has 28 heavy (non-hydrogen) atoms. The highest BCUT2D eigenvalue weighted by atomic mass is 16.3. The van der Waals surface area contributed by atoms with Gasteiger partial charge in [-0.2, -0.15) is 0 Å². The Morgan fingerprint density at radius 3 is 2.64 bits per heavy atom. The summed E-state index contributed by atoms with van der Waals surface area (Å²) in [6.45, 7) is 2.61. The van der Waals surface area contributed by atoms with Gasteiger partial charge in [-0.1, -0.05) is 30.3 Å². The lowest BCUT2D eigenvalue weighted by Gasteiger charge is -2.41. The molecule has 0 unspecified atom stereocenters. The van der Waals surface area contributed by atoms with Crippen LogP contribution in [0.15, 0.2) is 30.3 Å². The highest BCUT2D eigenvalue weighted by Crippen LogP contribution is 2.34.